The molecule has 0 saturated heterocycles. The first-order valence-electron chi connectivity index (χ1n) is 4.42. The minimum atomic E-state index is -0.522. The van der Waals surface area contributed by atoms with Crippen LogP contribution in [0.2, 0.25) is 0 Å². The molecule has 0 amide bonds. The smallest absolute Gasteiger partial charge is 0.0547 e. The monoisotopic (exact) mass is 180 g/mol. The Morgan fingerprint density at radius 3 is 2.15 bits per heavy atom. The maximum absolute atomic E-state index is 9.20. The molecule has 0 radical (unpaired) electrons. The molecule has 0 saturated carbocycles. The van der Waals surface area contributed by atoms with Crippen LogP contribution in [0.15, 0.2) is 24.3 Å². The SMILES string of the molecule is Cc1ccccc1C(C)(CO)CO. The van der Waals surface area contributed by atoms with Gasteiger partial charge in [-0.3, -0.25) is 0 Å². The zero-order valence-corrected chi connectivity index (χ0v) is 8.12. The Bertz CT molecular complexity index is 277. The Balaban J connectivity index is 3.12. The Morgan fingerprint density at radius 2 is 1.69 bits per heavy atom. The van der Waals surface area contributed by atoms with Crippen LogP contribution >= 0.6 is 0 Å². The summed E-state index contributed by atoms with van der Waals surface area (Å²) in [7, 11) is 0. The van der Waals surface area contributed by atoms with E-state index in [1.807, 2.05) is 38.1 Å². The van der Waals surface area contributed by atoms with Gasteiger partial charge in [-0.05, 0) is 18.1 Å². The highest BCUT2D eigenvalue weighted by Gasteiger charge is 2.25. The maximum atomic E-state index is 9.20. The fourth-order valence-electron chi connectivity index (χ4n) is 1.47. The lowest BCUT2D eigenvalue weighted by Gasteiger charge is -2.26. The van der Waals surface area contributed by atoms with Crippen LogP contribution < -0.4 is 0 Å². The van der Waals surface area contributed by atoms with Gasteiger partial charge in [0, 0.05) is 5.41 Å². The van der Waals surface area contributed by atoms with Gasteiger partial charge in [-0.15, -0.1) is 0 Å². The van der Waals surface area contributed by atoms with E-state index in [9.17, 15) is 10.2 Å². The van der Waals surface area contributed by atoms with Crippen LogP contribution in [0.5, 0.6) is 0 Å². The molecule has 0 aromatic heterocycles. The summed E-state index contributed by atoms with van der Waals surface area (Å²) in [5, 5.41) is 18.4. The van der Waals surface area contributed by atoms with E-state index in [1.165, 1.54) is 0 Å². The third-order valence-electron chi connectivity index (χ3n) is 2.49. The second-order valence-electron chi connectivity index (χ2n) is 3.69. The largest absolute Gasteiger partial charge is 0.395 e. The molecule has 0 heterocycles. The fraction of sp³-hybridized carbons (Fsp3) is 0.455. The second kappa shape index (κ2) is 3.90. The highest BCUT2D eigenvalue weighted by Crippen LogP contribution is 2.25. The van der Waals surface area contributed by atoms with E-state index < -0.39 is 5.41 Å². The molecular formula is C11H16O2. The van der Waals surface area contributed by atoms with Gasteiger partial charge in [-0.1, -0.05) is 31.2 Å². The number of benzene rings is 1. The lowest BCUT2D eigenvalue weighted by Crippen LogP contribution is -2.31. The lowest BCUT2D eigenvalue weighted by atomic mass is 9.82. The van der Waals surface area contributed by atoms with E-state index in [4.69, 9.17) is 0 Å². The number of hydrogen-bond donors (Lipinski definition) is 2. The minimum Gasteiger partial charge on any atom is -0.395 e. The molecule has 1 rings (SSSR count). The van der Waals surface area contributed by atoms with Gasteiger partial charge >= 0.3 is 0 Å². The predicted octanol–water partition coefficient (Wildman–Crippen LogP) is 1.24. The third-order valence-corrected chi connectivity index (χ3v) is 2.49. The van der Waals surface area contributed by atoms with Crippen molar-refractivity contribution in [2.24, 2.45) is 0 Å². The van der Waals surface area contributed by atoms with Gasteiger partial charge in [0.05, 0.1) is 13.2 Å². The average Bonchev–Trinajstić information content (AvgIpc) is 2.17. The summed E-state index contributed by atoms with van der Waals surface area (Å²) in [6.07, 6.45) is 0. The Hall–Kier alpha value is -0.860. The van der Waals surface area contributed by atoms with E-state index >= 15 is 0 Å². The van der Waals surface area contributed by atoms with Crippen LogP contribution in [0, 0.1) is 6.92 Å². The van der Waals surface area contributed by atoms with Crippen molar-refractivity contribution in [1.29, 1.82) is 0 Å². The van der Waals surface area contributed by atoms with E-state index in [0.717, 1.165) is 11.1 Å². The summed E-state index contributed by atoms with van der Waals surface area (Å²) < 4.78 is 0. The van der Waals surface area contributed by atoms with Crippen molar-refractivity contribution < 1.29 is 10.2 Å². The molecule has 1 aromatic carbocycles. The van der Waals surface area contributed by atoms with Crippen molar-refractivity contribution in [3.8, 4) is 0 Å². The molecule has 0 bridgehead atoms. The van der Waals surface area contributed by atoms with E-state index in [1.54, 1.807) is 0 Å². The third kappa shape index (κ3) is 1.90. The van der Waals surface area contributed by atoms with Gasteiger partial charge in [-0.2, -0.15) is 0 Å². The van der Waals surface area contributed by atoms with Crippen molar-refractivity contribution in [1.82, 2.24) is 0 Å². The van der Waals surface area contributed by atoms with Crippen LogP contribution in [0.4, 0.5) is 0 Å². The van der Waals surface area contributed by atoms with Crippen LogP contribution in [0.1, 0.15) is 18.1 Å². The molecular weight excluding hydrogens is 164 g/mol. The molecule has 0 unspecified atom stereocenters. The number of rotatable bonds is 3. The zero-order chi connectivity index (χ0) is 9.90. The Morgan fingerprint density at radius 1 is 1.15 bits per heavy atom. The molecule has 0 aliphatic carbocycles. The molecule has 0 aliphatic rings. The molecule has 0 fully saturated rings. The van der Waals surface area contributed by atoms with Crippen molar-refractivity contribution in [2.75, 3.05) is 13.2 Å². The van der Waals surface area contributed by atoms with E-state index in [2.05, 4.69) is 0 Å². The number of aliphatic hydroxyl groups excluding tert-OH is 2. The summed E-state index contributed by atoms with van der Waals surface area (Å²) in [5.41, 5.74) is 1.60. The van der Waals surface area contributed by atoms with Crippen LogP contribution in [0.25, 0.3) is 0 Å². The summed E-state index contributed by atoms with van der Waals surface area (Å²) in [4.78, 5) is 0. The summed E-state index contributed by atoms with van der Waals surface area (Å²) >= 11 is 0. The van der Waals surface area contributed by atoms with Gasteiger partial charge in [0.25, 0.3) is 0 Å². The first kappa shape index (κ1) is 10.2. The van der Waals surface area contributed by atoms with Crippen LogP contribution in [-0.2, 0) is 5.41 Å². The van der Waals surface area contributed by atoms with E-state index in [-0.39, 0.29) is 13.2 Å². The van der Waals surface area contributed by atoms with Crippen molar-refractivity contribution in [3.63, 3.8) is 0 Å². The molecule has 13 heavy (non-hydrogen) atoms. The molecule has 2 nitrogen and oxygen atoms in total. The highest BCUT2D eigenvalue weighted by atomic mass is 16.3. The summed E-state index contributed by atoms with van der Waals surface area (Å²) in [6, 6.07) is 7.81. The zero-order valence-electron chi connectivity index (χ0n) is 8.12. The number of aliphatic hydroxyl groups is 2. The first-order chi connectivity index (χ1) is 6.14. The molecule has 72 valence electrons. The Kier molecular flexibility index (Phi) is 3.07. The van der Waals surface area contributed by atoms with Gasteiger partial charge in [0.15, 0.2) is 0 Å². The summed E-state index contributed by atoms with van der Waals surface area (Å²) in [5.74, 6) is 0. The molecule has 0 atom stereocenters. The topological polar surface area (TPSA) is 40.5 Å². The molecule has 0 spiro atoms. The van der Waals surface area contributed by atoms with Gasteiger partial charge in [0.2, 0.25) is 0 Å². The van der Waals surface area contributed by atoms with Crippen molar-refractivity contribution in [3.05, 3.63) is 35.4 Å². The standard InChI is InChI=1S/C11H16O2/c1-9-5-3-4-6-10(9)11(2,7-12)8-13/h3-6,12-13H,7-8H2,1-2H3. The average molecular weight is 180 g/mol. The second-order valence-corrected chi connectivity index (χ2v) is 3.69. The first-order valence-corrected chi connectivity index (χ1v) is 4.42. The molecule has 2 N–H and O–H groups in total. The van der Waals surface area contributed by atoms with Crippen molar-refractivity contribution >= 4 is 0 Å². The van der Waals surface area contributed by atoms with Crippen molar-refractivity contribution in [2.45, 2.75) is 19.3 Å². The molecule has 1 aromatic rings. The fourth-order valence-corrected chi connectivity index (χ4v) is 1.47. The molecule has 0 aliphatic heterocycles. The maximum Gasteiger partial charge on any atom is 0.0547 e. The minimum absolute atomic E-state index is 0.0334. The van der Waals surface area contributed by atoms with Gasteiger partial charge in [-0.25, -0.2) is 0 Å². The van der Waals surface area contributed by atoms with E-state index in [0.29, 0.717) is 0 Å². The molecule has 2 heteroatoms. The predicted molar refractivity (Wildman–Crippen MR) is 52.7 cm³/mol. The van der Waals surface area contributed by atoms with Crippen LogP contribution in [0.3, 0.4) is 0 Å². The lowest BCUT2D eigenvalue weighted by molar-refractivity contribution is 0.129. The van der Waals surface area contributed by atoms with Crippen LogP contribution in [-0.4, -0.2) is 23.4 Å². The van der Waals surface area contributed by atoms with Gasteiger partial charge in [0.1, 0.15) is 0 Å². The normalized spacial score (nSPS) is 11.7. The van der Waals surface area contributed by atoms with Gasteiger partial charge < -0.3 is 10.2 Å². The number of hydrogen-bond acceptors (Lipinski definition) is 2. The summed E-state index contributed by atoms with van der Waals surface area (Å²) in [6.45, 7) is 3.77. The highest BCUT2D eigenvalue weighted by molar-refractivity contribution is 5.32. The Labute approximate surface area is 78.8 Å². The number of aryl methyl sites for hydroxylation is 1. The quantitative estimate of drug-likeness (QED) is 0.734.